The predicted octanol–water partition coefficient (Wildman–Crippen LogP) is 4.25. The number of aromatic nitrogens is 4. The highest BCUT2D eigenvalue weighted by Gasteiger charge is 2.46. The van der Waals surface area contributed by atoms with Crippen LogP contribution in [0.15, 0.2) is 47.5 Å². The highest BCUT2D eigenvalue weighted by molar-refractivity contribution is 6.24. The highest BCUT2D eigenvalue weighted by Crippen LogP contribution is 2.35. The molecular weight excluding hydrogens is 931 g/mol. The summed E-state index contributed by atoms with van der Waals surface area (Å²) in [6.07, 6.45) is 9.82. The maximum atomic E-state index is 13.6. The molecule has 4 aliphatic rings. The number of hydrogen-bond acceptors (Lipinski definition) is 17. The van der Waals surface area contributed by atoms with Crippen LogP contribution >= 0.6 is 0 Å². The Labute approximate surface area is 415 Å². The molecule has 8 rings (SSSR count). The number of ketones is 2. The summed E-state index contributed by atoms with van der Waals surface area (Å²) in [4.78, 5) is 121. The van der Waals surface area contributed by atoms with Crippen LogP contribution in [0.2, 0.25) is 0 Å². The van der Waals surface area contributed by atoms with Gasteiger partial charge in [-0.2, -0.15) is 4.98 Å². The zero-order valence-corrected chi connectivity index (χ0v) is 40.8. The van der Waals surface area contributed by atoms with Gasteiger partial charge in [-0.05, 0) is 82.2 Å². The molecule has 3 fully saturated rings. The number of nitrogens with one attached hydrogen (secondary N) is 2. The highest BCUT2D eigenvalue weighted by atomic mass is 16.5. The lowest BCUT2D eigenvalue weighted by atomic mass is 10.0. The fourth-order valence-corrected chi connectivity index (χ4v) is 9.67. The van der Waals surface area contributed by atoms with Crippen LogP contribution in [0.4, 0.5) is 17.5 Å². The van der Waals surface area contributed by atoms with Crippen LogP contribution in [0.25, 0.3) is 11.0 Å². The molecule has 72 heavy (non-hydrogen) atoms. The lowest BCUT2D eigenvalue weighted by Gasteiger charge is -2.36. The third-order valence-corrected chi connectivity index (χ3v) is 13.5. The second-order valence-electron chi connectivity index (χ2n) is 18.3. The van der Waals surface area contributed by atoms with Gasteiger partial charge in [0.15, 0.2) is 11.6 Å². The summed E-state index contributed by atoms with van der Waals surface area (Å²) in [6.45, 7) is 7.86. The van der Waals surface area contributed by atoms with Gasteiger partial charge in [-0.3, -0.25) is 53.1 Å². The van der Waals surface area contributed by atoms with E-state index in [-0.39, 0.29) is 77.4 Å². The minimum Gasteiger partial charge on any atom is -0.485 e. The van der Waals surface area contributed by atoms with E-state index in [0.717, 1.165) is 49.1 Å². The normalized spacial score (nSPS) is 17.2. The van der Waals surface area contributed by atoms with Crippen molar-refractivity contribution in [2.75, 3.05) is 82.6 Å². The Balaban J connectivity index is 0.643. The van der Waals surface area contributed by atoms with Crippen LogP contribution in [-0.2, 0) is 33.4 Å². The third-order valence-electron chi connectivity index (χ3n) is 13.5. The maximum Gasteiger partial charge on any atom is 0.266 e. The number of anilines is 3. The molecule has 0 bridgehead atoms. The summed E-state index contributed by atoms with van der Waals surface area (Å²) in [7, 11) is 0. The lowest BCUT2D eigenvalue weighted by molar-refractivity contribution is -0.136. The number of rotatable bonds is 24. The molecule has 6 heterocycles. The van der Waals surface area contributed by atoms with Gasteiger partial charge >= 0.3 is 0 Å². The van der Waals surface area contributed by atoms with Crippen LogP contribution in [0, 0.1) is 6.92 Å². The molecule has 0 spiro atoms. The Morgan fingerprint density at radius 2 is 1.51 bits per heavy atom. The summed E-state index contributed by atoms with van der Waals surface area (Å²) in [5.41, 5.74) is 2.02. The molecule has 1 atom stereocenters. The number of imide groups is 2. The van der Waals surface area contributed by atoms with Crippen LogP contribution < -0.4 is 25.8 Å². The first-order valence-electron chi connectivity index (χ1n) is 24.8. The molecule has 5 amide bonds. The van der Waals surface area contributed by atoms with Gasteiger partial charge in [-0.25, -0.2) is 9.97 Å². The summed E-state index contributed by atoms with van der Waals surface area (Å²) in [5.74, 6) is -1.94. The minimum atomic E-state index is -1.10. The van der Waals surface area contributed by atoms with E-state index in [1.165, 1.54) is 25.1 Å². The van der Waals surface area contributed by atoms with E-state index in [1.54, 1.807) is 23.9 Å². The predicted molar refractivity (Wildman–Crippen MR) is 262 cm³/mol. The fourth-order valence-electron chi connectivity index (χ4n) is 9.67. The van der Waals surface area contributed by atoms with Crippen molar-refractivity contribution in [1.82, 2.24) is 34.6 Å². The number of piperidine rings is 1. The van der Waals surface area contributed by atoms with Gasteiger partial charge in [-0.15, -0.1) is 0 Å². The Morgan fingerprint density at radius 1 is 0.792 bits per heavy atom. The molecule has 21 nitrogen and oxygen atoms in total. The average Bonchev–Trinajstić information content (AvgIpc) is 3.99. The second kappa shape index (κ2) is 24.0. The zero-order valence-electron chi connectivity index (χ0n) is 40.8. The van der Waals surface area contributed by atoms with E-state index in [4.69, 9.17) is 23.9 Å². The number of nitrogens with zero attached hydrogens (tertiary/aromatic N) is 7. The number of unbranched alkanes of at least 4 members (excludes halogenated alkanes) is 1. The average molecular weight is 992 g/mol. The molecule has 2 N–H and O–H groups in total. The van der Waals surface area contributed by atoms with Gasteiger partial charge in [0.05, 0.1) is 55.0 Å². The van der Waals surface area contributed by atoms with Crippen molar-refractivity contribution < 1.29 is 52.5 Å². The lowest BCUT2D eigenvalue weighted by Crippen LogP contribution is -2.54. The van der Waals surface area contributed by atoms with Crippen molar-refractivity contribution in [1.29, 1.82) is 0 Å². The quantitative estimate of drug-likeness (QED) is 0.0565. The summed E-state index contributed by atoms with van der Waals surface area (Å²) >= 11 is 0. The summed E-state index contributed by atoms with van der Waals surface area (Å²) < 4.78 is 24.2. The Morgan fingerprint density at radius 3 is 2.21 bits per heavy atom. The van der Waals surface area contributed by atoms with Gasteiger partial charge in [0, 0.05) is 76.3 Å². The number of ether oxygens (including phenoxy) is 4. The molecule has 1 saturated carbocycles. The van der Waals surface area contributed by atoms with Gasteiger partial charge in [0.25, 0.3) is 17.4 Å². The standard InChI is InChI=1S/C51H61N9O12/c1-32-38-30-53-51(56-46(38)59(34-9-3-4-10-34)49(67)44(32)33(2)61)54-41-17-15-35(29-52-41)57-19-21-58(22-20-57)43(64)14-5-6-23-69-25-27-71-28-26-70-24-8-11-36(62)31-72-40-13-7-12-37-45(40)50(68)60(48(37)66)39-16-18-42(63)55-47(39)65/h7,12-13,15,17,29-30,34,39H,3-6,8-11,14,16,18-28,31H2,1-2H3,(H,55,63,65)(H,52,53,54,56). The van der Waals surface area contributed by atoms with Crippen LogP contribution in [0.5, 0.6) is 5.75 Å². The number of pyridine rings is 2. The molecule has 21 heteroatoms. The number of aryl methyl sites for hydroxylation is 1. The van der Waals surface area contributed by atoms with E-state index < -0.39 is 29.7 Å². The molecule has 3 aromatic heterocycles. The van der Waals surface area contributed by atoms with Gasteiger partial charge < -0.3 is 34.1 Å². The van der Waals surface area contributed by atoms with Crippen molar-refractivity contribution in [3.8, 4) is 5.75 Å². The van der Waals surface area contributed by atoms with E-state index in [0.29, 0.717) is 107 Å². The number of benzene rings is 1. The molecule has 1 unspecified atom stereocenters. The van der Waals surface area contributed by atoms with Crippen molar-refractivity contribution in [2.24, 2.45) is 0 Å². The Bertz CT molecular complexity index is 2750. The van der Waals surface area contributed by atoms with Crippen LogP contribution in [0.3, 0.4) is 0 Å². The molecule has 382 valence electrons. The first-order valence-corrected chi connectivity index (χ1v) is 24.8. The molecule has 1 aromatic carbocycles. The number of piperazine rings is 1. The minimum absolute atomic E-state index is 0.00866. The third kappa shape index (κ3) is 12.0. The largest absolute Gasteiger partial charge is 0.485 e. The first-order chi connectivity index (χ1) is 34.9. The van der Waals surface area contributed by atoms with Crippen LogP contribution in [0.1, 0.15) is 120 Å². The number of carbonyl (C=O) groups excluding carboxylic acids is 7. The van der Waals surface area contributed by atoms with Crippen molar-refractivity contribution in [3.63, 3.8) is 0 Å². The van der Waals surface area contributed by atoms with Crippen molar-refractivity contribution >= 4 is 69.6 Å². The monoisotopic (exact) mass is 991 g/mol. The number of amides is 5. The fraction of sp³-hybridized carbons (Fsp3) is 0.510. The van der Waals surface area contributed by atoms with Crippen molar-refractivity contribution in [3.05, 3.63) is 75.3 Å². The SMILES string of the molecule is CC(=O)c1c(C)c2cnc(Nc3ccc(N4CCN(C(=O)CCCCOCCOCCOCCCC(=O)COc5cccc6c5C(=O)N(C5CCC(=O)NC5=O)C6=O)CC4)cn3)nc2n(C2CCCC2)c1=O. The van der Waals surface area contributed by atoms with E-state index in [9.17, 15) is 38.4 Å². The molecule has 3 aliphatic heterocycles. The Hall–Kier alpha value is -6.97. The summed E-state index contributed by atoms with van der Waals surface area (Å²) in [5, 5.41) is 6.02. The number of Topliss-reactive ketones (excluding diaryl/α,β-unsaturated/α-hetero) is 2. The van der Waals surface area contributed by atoms with Crippen molar-refractivity contribution in [2.45, 2.75) is 96.6 Å². The first kappa shape index (κ1) is 51.4. The van der Waals surface area contributed by atoms with Crippen LogP contribution in [-0.4, -0.2) is 149 Å². The molecule has 4 aromatic rings. The molecular formula is C51H61N9O12. The summed E-state index contributed by atoms with van der Waals surface area (Å²) in [6, 6.07) is 7.20. The zero-order chi connectivity index (χ0) is 50.7. The topological polar surface area (TPSA) is 251 Å². The Kier molecular flexibility index (Phi) is 17.1. The number of hydrogen-bond donors (Lipinski definition) is 2. The number of carbonyl (C=O) groups is 7. The molecule has 1 aliphatic carbocycles. The van der Waals surface area contributed by atoms with Gasteiger partial charge in [0.2, 0.25) is 23.7 Å². The van der Waals surface area contributed by atoms with Gasteiger partial charge in [0.1, 0.15) is 29.9 Å². The van der Waals surface area contributed by atoms with Gasteiger partial charge in [-0.1, -0.05) is 18.9 Å². The smallest absolute Gasteiger partial charge is 0.266 e. The second-order valence-corrected chi connectivity index (χ2v) is 18.3. The van der Waals surface area contributed by atoms with E-state index >= 15 is 0 Å². The van der Waals surface area contributed by atoms with E-state index in [1.807, 2.05) is 17.0 Å². The molecule has 2 saturated heterocycles. The maximum absolute atomic E-state index is 13.6. The molecule has 0 radical (unpaired) electrons. The van der Waals surface area contributed by atoms with E-state index in [2.05, 4.69) is 25.5 Å². The number of fused-ring (bicyclic) bond motifs is 2.